The van der Waals surface area contributed by atoms with Crippen molar-refractivity contribution in [2.24, 2.45) is 5.92 Å². The van der Waals surface area contributed by atoms with Crippen LogP contribution in [0.25, 0.3) is 0 Å². The third-order valence-electron chi connectivity index (χ3n) is 3.29. The summed E-state index contributed by atoms with van der Waals surface area (Å²) >= 11 is 0. The minimum Gasteiger partial charge on any atom is -0.479 e. The van der Waals surface area contributed by atoms with E-state index in [2.05, 4.69) is 10.1 Å². The highest BCUT2D eigenvalue weighted by Crippen LogP contribution is 2.29. The highest BCUT2D eigenvalue weighted by Gasteiger charge is 2.30. The van der Waals surface area contributed by atoms with Crippen molar-refractivity contribution in [2.75, 3.05) is 13.7 Å². The number of methoxy groups -OCH3 is 1. The molecule has 0 bridgehead atoms. The average molecular weight is 333 g/mol. The second-order valence-electron chi connectivity index (χ2n) is 5.11. The van der Waals surface area contributed by atoms with Gasteiger partial charge in [-0.1, -0.05) is 19.1 Å². The van der Waals surface area contributed by atoms with Gasteiger partial charge in [-0.25, -0.2) is 4.79 Å². The molecule has 5 nitrogen and oxygen atoms in total. The maximum absolute atomic E-state index is 12.5. The van der Waals surface area contributed by atoms with Gasteiger partial charge in [-0.05, 0) is 24.1 Å². The highest BCUT2D eigenvalue weighted by molar-refractivity contribution is 5.80. The van der Waals surface area contributed by atoms with Crippen LogP contribution in [0, 0.1) is 5.92 Å². The fourth-order valence-electron chi connectivity index (χ4n) is 1.92. The van der Waals surface area contributed by atoms with E-state index in [4.69, 9.17) is 5.11 Å². The predicted octanol–water partition coefficient (Wildman–Crippen LogP) is 2.10. The van der Waals surface area contributed by atoms with Crippen LogP contribution >= 0.6 is 0 Å². The molecule has 0 aliphatic heterocycles. The lowest BCUT2D eigenvalue weighted by atomic mass is 9.99. The molecule has 0 spiro atoms. The largest absolute Gasteiger partial charge is 0.479 e. The monoisotopic (exact) mass is 333 g/mol. The highest BCUT2D eigenvalue weighted by atomic mass is 19.4. The molecule has 1 amide bonds. The van der Waals surface area contributed by atoms with Gasteiger partial charge in [0.05, 0.1) is 12.1 Å². The Hall–Kier alpha value is -2.09. The summed E-state index contributed by atoms with van der Waals surface area (Å²) in [6.45, 7) is 1.43. The molecule has 0 heterocycles. The van der Waals surface area contributed by atoms with Crippen LogP contribution in [-0.2, 0) is 26.9 Å². The first kappa shape index (κ1) is 19.0. The van der Waals surface area contributed by atoms with Crippen molar-refractivity contribution in [1.82, 2.24) is 5.32 Å². The molecule has 1 rings (SSSR count). The molecule has 0 radical (unpaired) electrons. The summed E-state index contributed by atoms with van der Waals surface area (Å²) in [5.41, 5.74) is -0.162. The third kappa shape index (κ3) is 5.90. The zero-order valence-electron chi connectivity index (χ0n) is 12.7. The Morgan fingerprint density at radius 2 is 1.83 bits per heavy atom. The average Bonchev–Trinajstić information content (AvgIpc) is 2.46. The summed E-state index contributed by atoms with van der Waals surface area (Å²) in [5.74, 6) is -2.10. The Balaban J connectivity index is 2.56. The number of hydrogen-bond donors (Lipinski definition) is 2. The second-order valence-corrected chi connectivity index (χ2v) is 5.11. The number of carboxylic acids is 1. The number of carboxylic acid groups (broad SMARTS) is 1. The number of alkyl halides is 3. The fourth-order valence-corrected chi connectivity index (χ4v) is 1.92. The number of rotatable bonds is 7. The van der Waals surface area contributed by atoms with E-state index in [-0.39, 0.29) is 13.0 Å². The summed E-state index contributed by atoms with van der Waals surface area (Å²) in [6.07, 6.45) is -5.29. The van der Waals surface area contributed by atoms with Crippen LogP contribution in [-0.4, -0.2) is 36.7 Å². The van der Waals surface area contributed by atoms with Gasteiger partial charge in [-0.2, -0.15) is 13.2 Å². The molecule has 0 saturated heterocycles. The molecular weight excluding hydrogens is 315 g/mol. The Kier molecular flexibility index (Phi) is 6.56. The van der Waals surface area contributed by atoms with Gasteiger partial charge in [-0.15, -0.1) is 0 Å². The van der Waals surface area contributed by atoms with E-state index in [1.165, 1.54) is 19.2 Å². The van der Waals surface area contributed by atoms with E-state index >= 15 is 0 Å². The summed E-state index contributed by atoms with van der Waals surface area (Å²) in [6, 6.07) is 4.57. The first-order valence-corrected chi connectivity index (χ1v) is 6.84. The minimum atomic E-state index is -4.40. The van der Waals surface area contributed by atoms with Gasteiger partial charge in [0, 0.05) is 13.0 Å². The lowest BCUT2D eigenvalue weighted by Gasteiger charge is -2.15. The summed E-state index contributed by atoms with van der Waals surface area (Å²) in [4.78, 5) is 22.6. The molecule has 1 aromatic rings. The lowest BCUT2D eigenvalue weighted by Crippen LogP contribution is -2.40. The SMILES string of the molecule is COC(CNC(=O)C(C)Cc1ccc(C(F)(F)F)cc1)C(=O)O. The number of nitrogens with one attached hydrogen (secondary N) is 1. The second kappa shape index (κ2) is 7.96. The van der Waals surface area contributed by atoms with Crippen LogP contribution in [0.3, 0.4) is 0 Å². The Morgan fingerprint density at radius 1 is 1.26 bits per heavy atom. The van der Waals surface area contributed by atoms with Crippen LogP contribution in [0.15, 0.2) is 24.3 Å². The molecule has 0 saturated carbocycles. The number of ether oxygens (including phenoxy) is 1. The summed E-state index contributed by atoms with van der Waals surface area (Å²) in [7, 11) is 1.22. The lowest BCUT2D eigenvalue weighted by molar-refractivity contribution is -0.148. The molecule has 8 heteroatoms. The number of benzene rings is 1. The molecule has 0 aliphatic rings. The van der Waals surface area contributed by atoms with E-state index in [0.717, 1.165) is 12.1 Å². The molecule has 2 unspecified atom stereocenters. The van der Waals surface area contributed by atoms with Crippen molar-refractivity contribution >= 4 is 11.9 Å². The van der Waals surface area contributed by atoms with Crippen LogP contribution < -0.4 is 5.32 Å². The topological polar surface area (TPSA) is 75.6 Å². The number of carbonyl (C=O) groups excluding carboxylic acids is 1. The molecule has 1 aromatic carbocycles. The molecular formula is C15H18F3NO4. The summed E-state index contributed by atoms with van der Waals surface area (Å²) < 4.78 is 42.1. The number of halogens is 3. The number of aliphatic carboxylic acids is 1. The van der Waals surface area contributed by atoms with Crippen LogP contribution in [0.4, 0.5) is 13.2 Å². The Labute approximate surface area is 131 Å². The van der Waals surface area contributed by atoms with Gasteiger partial charge in [0.15, 0.2) is 6.10 Å². The van der Waals surface area contributed by atoms with E-state index in [1.54, 1.807) is 6.92 Å². The van der Waals surface area contributed by atoms with Crippen molar-refractivity contribution in [1.29, 1.82) is 0 Å². The molecule has 128 valence electrons. The van der Waals surface area contributed by atoms with Crippen molar-refractivity contribution < 1.29 is 32.6 Å². The quantitative estimate of drug-likeness (QED) is 0.801. The smallest absolute Gasteiger partial charge is 0.416 e. The summed E-state index contributed by atoms with van der Waals surface area (Å²) in [5, 5.41) is 11.2. The first-order valence-electron chi connectivity index (χ1n) is 6.84. The van der Waals surface area contributed by atoms with E-state index in [0.29, 0.717) is 5.56 Å². The van der Waals surface area contributed by atoms with Gasteiger partial charge >= 0.3 is 12.1 Å². The van der Waals surface area contributed by atoms with Crippen molar-refractivity contribution in [3.63, 3.8) is 0 Å². The molecule has 0 aromatic heterocycles. The zero-order chi connectivity index (χ0) is 17.6. The van der Waals surface area contributed by atoms with Gasteiger partial charge in [0.1, 0.15) is 0 Å². The van der Waals surface area contributed by atoms with Crippen LogP contribution in [0.2, 0.25) is 0 Å². The normalized spacial score (nSPS) is 14.1. The number of amides is 1. The van der Waals surface area contributed by atoms with Crippen molar-refractivity contribution in [3.8, 4) is 0 Å². The number of carbonyl (C=O) groups is 2. The first-order chi connectivity index (χ1) is 10.6. The zero-order valence-corrected chi connectivity index (χ0v) is 12.7. The van der Waals surface area contributed by atoms with Gasteiger partial charge < -0.3 is 15.2 Å². The standard InChI is InChI=1S/C15H18F3NO4/c1-9(13(20)19-8-12(23-2)14(21)22)7-10-3-5-11(6-4-10)15(16,17)18/h3-6,9,12H,7-8H2,1-2H3,(H,19,20)(H,21,22). The van der Waals surface area contributed by atoms with Crippen molar-refractivity contribution in [2.45, 2.75) is 25.6 Å². The van der Waals surface area contributed by atoms with Gasteiger partial charge in [-0.3, -0.25) is 4.79 Å². The molecule has 0 aliphatic carbocycles. The van der Waals surface area contributed by atoms with Gasteiger partial charge in [0.2, 0.25) is 5.91 Å². The van der Waals surface area contributed by atoms with Crippen LogP contribution in [0.5, 0.6) is 0 Å². The number of hydrogen-bond acceptors (Lipinski definition) is 3. The third-order valence-corrected chi connectivity index (χ3v) is 3.29. The molecule has 2 atom stereocenters. The van der Waals surface area contributed by atoms with E-state index < -0.39 is 35.6 Å². The minimum absolute atomic E-state index is 0.179. The van der Waals surface area contributed by atoms with Gasteiger partial charge in [0.25, 0.3) is 0 Å². The molecule has 23 heavy (non-hydrogen) atoms. The van der Waals surface area contributed by atoms with E-state index in [1.807, 2.05) is 0 Å². The van der Waals surface area contributed by atoms with E-state index in [9.17, 15) is 22.8 Å². The molecule has 0 fully saturated rings. The maximum atomic E-state index is 12.5. The predicted molar refractivity (Wildman–Crippen MR) is 75.8 cm³/mol. The van der Waals surface area contributed by atoms with Crippen LogP contribution in [0.1, 0.15) is 18.1 Å². The maximum Gasteiger partial charge on any atom is 0.416 e. The molecule has 2 N–H and O–H groups in total. The Bertz CT molecular complexity index is 543. The van der Waals surface area contributed by atoms with Crippen molar-refractivity contribution in [3.05, 3.63) is 35.4 Å². The fraction of sp³-hybridized carbons (Fsp3) is 0.467. The Morgan fingerprint density at radius 3 is 2.26 bits per heavy atom.